The molecule has 0 atom stereocenters. The van der Waals surface area contributed by atoms with Crippen LogP contribution in [0.5, 0.6) is 0 Å². The van der Waals surface area contributed by atoms with Crippen LogP contribution in [-0.2, 0) is 13.5 Å². The van der Waals surface area contributed by atoms with Crippen molar-refractivity contribution in [2.24, 2.45) is 7.05 Å². The third-order valence-corrected chi connectivity index (χ3v) is 5.80. The number of aromatic nitrogens is 6. The van der Waals surface area contributed by atoms with Gasteiger partial charge in [-0.2, -0.15) is 10.2 Å². The molecule has 2 N–H and O–H groups in total. The lowest BCUT2D eigenvalue weighted by molar-refractivity contribution is 0.0955. The molecular formula is C21H19N7O2S. The first-order valence-corrected chi connectivity index (χ1v) is 10.6. The number of aryl methyl sites for hydroxylation is 2. The van der Waals surface area contributed by atoms with Crippen molar-refractivity contribution in [1.29, 1.82) is 0 Å². The van der Waals surface area contributed by atoms with E-state index in [2.05, 4.69) is 25.6 Å². The van der Waals surface area contributed by atoms with Crippen molar-refractivity contribution in [3.05, 3.63) is 59.1 Å². The molecular weight excluding hydrogens is 414 g/mol. The zero-order valence-corrected chi connectivity index (χ0v) is 17.7. The van der Waals surface area contributed by atoms with Gasteiger partial charge in [0.15, 0.2) is 11.4 Å². The van der Waals surface area contributed by atoms with Gasteiger partial charge in [0.05, 0.1) is 33.5 Å². The minimum atomic E-state index is -0.174. The van der Waals surface area contributed by atoms with Gasteiger partial charge in [-0.25, -0.2) is 9.97 Å². The summed E-state index contributed by atoms with van der Waals surface area (Å²) in [6.07, 6.45) is 2.09. The highest BCUT2D eigenvalue weighted by Crippen LogP contribution is 2.29. The number of furan rings is 1. The fourth-order valence-corrected chi connectivity index (χ4v) is 4.17. The van der Waals surface area contributed by atoms with Gasteiger partial charge in [0.1, 0.15) is 5.82 Å². The van der Waals surface area contributed by atoms with Crippen LogP contribution in [0, 0.1) is 6.92 Å². The minimum absolute atomic E-state index is 0.174. The Balaban J connectivity index is 1.37. The van der Waals surface area contributed by atoms with Crippen LogP contribution in [0.3, 0.4) is 0 Å². The zero-order valence-electron chi connectivity index (χ0n) is 16.9. The van der Waals surface area contributed by atoms with E-state index >= 15 is 0 Å². The second-order valence-electron chi connectivity index (χ2n) is 7.03. The second-order valence-corrected chi connectivity index (χ2v) is 7.98. The fourth-order valence-electron chi connectivity index (χ4n) is 3.49. The number of aromatic amines is 1. The molecule has 10 heteroatoms. The monoisotopic (exact) mass is 433 g/mol. The first-order chi connectivity index (χ1) is 15.1. The molecule has 0 radical (unpaired) electrons. The van der Waals surface area contributed by atoms with E-state index in [9.17, 15) is 4.79 Å². The van der Waals surface area contributed by atoms with Gasteiger partial charge in [0.25, 0.3) is 5.91 Å². The largest absolute Gasteiger partial charge is 0.461 e. The molecule has 5 rings (SSSR count). The lowest BCUT2D eigenvalue weighted by atomic mass is 10.1. The summed E-state index contributed by atoms with van der Waals surface area (Å²) in [7, 11) is 1.84. The van der Waals surface area contributed by atoms with E-state index in [1.54, 1.807) is 34.4 Å². The Hall–Kier alpha value is -3.79. The van der Waals surface area contributed by atoms with Crippen LogP contribution in [-0.4, -0.2) is 42.4 Å². The summed E-state index contributed by atoms with van der Waals surface area (Å²) < 4.78 is 7.01. The third kappa shape index (κ3) is 3.61. The molecule has 1 amide bonds. The number of carbonyl (C=O) groups excluding carboxylic acids is 1. The third-order valence-electron chi connectivity index (χ3n) is 4.91. The number of thiophene rings is 1. The Morgan fingerprint density at radius 2 is 2.19 bits per heavy atom. The predicted molar refractivity (Wildman–Crippen MR) is 117 cm³/mol. The van der Waals surface area contributed by atoms with Gasteiger partial charge < -0.3 is 9.73 Å². The summed E-state index contributed by atoms with van der Waals surface area (Å²) in [5, 5.41) is 17.2. The number of nitrogens with one attached hydrogen (secondary N) is 2. The fraction of sp³-hybridized carbons (Fsp3) is 0.190. The molecule has 5 aromatic rings. The van der Waals surface area contributed by atoms with Gasteiger partial charge >= 0.3 is 0 Å². The van der Waals surface area contributed by atoms with Crippen LogP contribution in [0.1, 0.15) is 21.9 Å². The molecule has 5 aromatic heterocycles. The average molecular weight is 433 g/mol. The van der Waals surface area contributed by atoms with Crippen molar-refractivity contribution in [2.75, 3.05) is 6.54 Å². The van der Waals surface area contributed by atoms with Crippen LogP contribution in [0.25, 0.3) is 33.2 Å². The highest BCUT2D eigenvalue weighted by Gasteiger charge is 2.19. The summed E-state index contributed by atoms with van der Waals surface area (Å²) in [6.45, 7) is 2.29. The van der Waals surface area contributed by atoms with Crippen molar-refractivity contribution >= 4 is 28.3 Å². The van der Waals surface area contributed by atoms with Gasteiger partial charge in [-0.15, -0.1) is 11.3 Å². The van der Waals surface area contributed by atoms with E-state index in [4.69, 9.17) is 9.40 Å². The van der Waals surface area contributed by atoms with E-state index in [-0.39, 0.29) is 5.91 Å². The summed E-state index contributed by atoms with van der Waals surface area (Å²) in [4.78, 5) is 23.2. The zero-order chi connectivity index (χ0) is 21.4. The number of pyridine rings is 1. The number of carbonyl (C=O) groups is 1. The standard InChI is InChI=1S/C21H19N7O2S/c1-12-18-13(11-14(16-6-4-10-31-16)23-20(18)28(2)27-12)21(29)22-8-7-17-24-19(26-25-17)15-5-3-9-30-15/h3-6,9-11H,7-8H2,1-2H3,(H,22,29)(H,24,25,26). The molecule has 0 fully saturated rings. The van der Waals surface area contributed by atoms with Crippen LogP contribution < -0.4 is 5.32 Å². The molecule has 0 aliphatic rings. The molecule has 0 saturated heterocycles. The number of fused-ring (bicyclic) bond motifs is 1. The van der Waals surface area contributed by atoms with Gasteiger partial charge in [0.2, 0.25) is 5.82 Å². The van der Waals surface area contributed by atoms with E-state index in [0.717, 1.165) is 21.7 Å². The van der Waals surface area contributed by atoms with Crippen molar-refractivity contribution in [1.82, 2.24) is 35.3 Å². The molecule has 0 aromatic carbocycles. The normalized spacial score (nSPS) is 11.3. The Bertz CT molecular complexity index is 1350. The number of hydrogen-bond donors (Lipinski definition) is 2. The number of nitrogens with zero attached hydrogens (tertiary/aromatic N) is 5. The number of hydrogen-bond acceptors (Lipinski definition) is 7. The first kappa shape index (κ1) is 19.2. The molecule has 156 valence electrons. The van der Waals surface area contributed by atoms with E-state index in [1.165, 1.54) is 0 Å². The van der Waals surface area contributed by atoms with Crippen molar-refractivity contribution in [2.45, 2.75) is 13.3 Å². The topological polar surface area (TPSA) is 115 Å². The highest BCUT2D eigenvalue weighted by molar-refractivity contribution is 7.13. The van der Waals surface area contributed by atoms with E-state index in [1.807, 2.05) is 37.6 Å². The first-order valence-electron chi connectivity index (χ1n) is 9.71. The van der Waals surface area contributed by atoms with Crippen molar-refractivity contribution in [3.63, 3.8) is 0 Å². The maximum absolute atomic E-state index is 13.1. The minimum Gasteiger partial charge on any atom is -0.461 e. The molecule has 0 aliphatic carbocycles. The summed E-state index contributed by atoms with van der Waals surface area (Å²) in [5.74, 6) is 1.59. The van der Waals surface area contributed by atoms with Crippen LogP contribution in [0.15, 0.2) is 46.4 Å². The molecule has 5 heterocycles. The number of H-pyrrole nitrogens is 1. The molecule has 0 spiro atoms. The maximum atomic E-state index is 13.1. The van der Waals surface area contributed by atoms with Gasteiger partial charge in [-0.1, -0.05) is 6.07 Å². The Morgan fingerprint density at radius 1 is 1.29 bits per heavy atom. The van der Waals surface area contributed by atoms with Gasteiger partial charge in [0, 0.05) is 20.0 Å². The van der Waals surface area contributed by atoms with Gasteiger partial charge in [-0.05, 0) is 36.6 Å². The number of amides is 1. The molecule has 31 heavy (non-hydrogen) atoms. The van der Waals surface area contributed by atoms with Crippen LogP contribution in [0.4, 0.5) is 0 Å². The predicted octanol–water partition coefficient (Wildman–Crippen LogP) is 3.36. The van der Waals surface area contributed by atoms with Crippen LogP contribution >= 0.6 is 11.3 Å². The van der Waals surface area contributed by atoms with E-state index in [0.29, 0.717) is 41.6 Å². The smallest absolute Gasteiger partial charge is 0.252 e. The Labute approximate surface area is 181 Å². The van der Waals surface area contributed by atoms with Crippen molar-refractivity contribution < 1.29 is 9.21 Å². The lowest BCUT2D eigenvalue weighted by Gasteiger charge is -2.08. The quantitative estimate of drug-likeness (QED) is 0.424. The lowest BCUT2D eigenvalue weighted by Crippen LogP contribution is -2.26. The molecule has 0 unspecified atom stereocenters. The van der Waals surface area contributed by atoms with E-state index < -0.39 is 0 Å². The summed E-state index contributed by atoms with van der Waals surface area (Å²) in [5.41, 5.74) is 2.78. The summed E-state index contributed by atoms with van der Waals surface area (Å²) in [6, 6.07) is 9.37. The summed E-state index contributed by atoms with van der Waals surface area (Å²) >= 11 is 1.58. The maximum Gasteiger partial charge on any atom is 0.252 e. The highest BCUT2D eigenvalue weighted by atomic mass is 32.1. The van der Waals surface area contributed by atoms with Crippen molar-refractivity contribution in [3.8, 4) is 22.2 Å². The Morgan fingerprint density at radius 3 is 2.97 bits per heavy atom. The van der Waals surface area contributed by atoms with Crippen LogP contribution in [0.2, 0.25) is 0 Å². The molecule has 0 aliphatic heterocycles. The molecule has 9 nitrogen and oxygen atoms in total. The second kappa shape index (κ2) is 7.80. The average Bonchev–Trinajstić information content (AvgIpc) is 3.56. The Kier molecular flexibility index (Phi) is 4.83. The molecule has 0 saturated carbocycles. The van der Waals surface area contributed by atoms with Gasteiger partial charge in [-0.3, -0.25) is 14.6 Å². The number of rotatable bonds is 6. The SMILES string of the molecule is Cc1nn(C)c2nc(-c3cccs3)cc(C(=O)NCCc3nc(-c4ccco4)n[nH]3)c12. The molecule has 0 bridgehead atoms.